The predicted molar refractivity (Wildman–Crippen MR) is 170 cm³/mol. The summed E-state index contributed by atoms with van der Waals surface area (Å²) in [5.41, 5.74) is 3.85. The van der Waals surface area contributed by atoms with Crippen molar-refractivity contribution in [2.45, 2.75) is 31.9 Å². The van der Waals surface area contributed by atoms with Gasteiger partial charge >= 0.3 is 12.1 Å². The van der Waals surface area contributed by atoms with E-state index in [2.05, 4.69) is 11.4 Å². The molecule has 230 valence electrons. The van der Waals surface area contributed by atoms with Gasteiger partial charge < -0.3 is 15.2 Å². The molecule has 0 saturated carbocycles. The minimum Gasteiger partial charge on any atom is -0.497 e. The van der Waals surface area contributed by atoms with Gasteiger partial charge in [0.25, 0.3) is 5.91 Å². The van der Waals surface area contributed by atoms with E-state index in [1.165, 1.54) is 12.1 Å². The molecule has 0 aliphatic heterocycles. The lowest BCUT2D eigenvalue weighted by Gasteiger charge is -2.20. The Labute approximate surface area is 259 Å². The van der Waals surface area contributed by atoms with Gasteiger partial charge in [0.15, 0.2) is 0 Å². The lowest BCUT2D eigenvalue weighted by atomic mass is 9.86. The van der Waals surface area contributed by atoms with Gasteiger partial charge in [0.2, 0.25) is 0 Å². The zero-order chi connectivity index (χ0) is 32.1. The van der Waals surface area contributed by atoms with Gasteiger partial charge in [-0.2, -0.15) is 13.2 Å². The van der Waals surface area contributed by atoms with Crippen LogP contribution in [0.5, 0.6) is 5.75 Å². The van der Waals surface area contributed by atoms with Crippen molar-refractivity contribution >= 4 is 22.6 Å². The van der Waals surface area contributed by atoms with Gasteiger partial charge in [0.05, 0.1) is 19.1 Å². The maximum absolute atomic E-state index is 14.1. The molecule has 45 heavy (non-hydrogen) atoms. The van der Waals surface area contributed by atoms with Crippen LogP contribution < -0.4 is 10.1 Å². The van der Waals surface area contributed by atoms with Crippen molar-refractivity contribution < 1.29 is 32.6 Å². The van der Waals surface area contributed by atoms with E-state index >= 15 is 0 Å². The predicted octanol–water partition coefficient (Wildman–Crippen LogP) is 8.75. The van der Waals surface area contributed by atoms with Gasteiger partial charge in [-0.3, -0.25) is 9.59 Å². The number of carboxylic acid groups (broad SMARTS) is 1. The van der Waals surface area contributed by atoms with E-state index < -0.39 is 17.7 Å². The Balaban J connectivity index is 1.50. The lowest BCUT2D eigenvalue weighted by molar-refractivity contribution is -0.137. The number of methoxy groups -OCH3 is 1. The Morgan fingerprint density at radius 2 is 1.49 bits per heavy atom. The zero-order valence-electron chi connectivity index (χ0n) is 24.8. The molecule has 5 nitrogen and oxygen atoms in total. The van der Waals surface area contributed by atoms with Crippen molar-refractivity contribution in [1.29, 1.82) is 0 Å². The Bertz CT molecular complexity index is 1850. The summed E-state index contributed by atoms with van der Waals surface area (Å²) in [5, 5.41) is 13.4. The third-order valence-electron chi connectivity index (χ3n) is 7.90. The van der Waals surface area contributed by atoms with Crippen LogP contribution >= 0.6 is 0 Å². The molecule has 5 rings (SSSR count). The number of hydrogen-bond donors (Lipinski definition) is 2. The van der Waals surface area contributed by atoms with Crippen LogP contribution in [0.15, 0.2) is 103 Å². The Morgan fingerprint density at radius 1 is 0.822 bits per heavy atom. The topological polar surface area (TPSA) is 75.6 Å². The summed E-state index contributed by atoms with van der Waals surface area (Å²) in [6.07, 6.45) is -4.24. The largest absolute Gasteiger partial charge is 0.497 e. The Hall–Kier alpha value is -5.11. The van der Waals surface area contributed by atoms with E-state index in [0.29, 0.717) is 17.5 Å². The quantitative estimate of drug-likeness (QED) is 0.166. The van der Waals surface area contributed by atoms with Crippen LogP contribution in [-0.2, 0) is 17.4 Å². The van der Waals surface area contributed by atoms with Crippen LogP contribution in [0.4, 0.5) is 13.2 Å². The molecule has 0 spiro atoms. The molecule has 1 unspecified atom stereocenters. The van der Waals surface area contributed by atoms with E-state index in [9.17, 15) is 22.8 Å². The van der Waals surface area contributed by atoms with Crippen LogP contribution in [0.25, 0.3) is 33.0 Å². The number of carbonyl (C=O) groups excluding carboxylic acids is 1. The van der Waals surface area contributed by atoms with Crippen molar-refractivity contribution in [2.24, 2.45) is 0 Å². The van der Waals surface area contributed by atoms with Gasteiger partial charge in [-0.15, -0.1) is 0 Å². The van der Waals surface area contributed by atoms with E-state index in [0.717, 1.165) is 44.8 Å². The summed E-state index contributed by atoms with van der Waals surface area (Å²) in [6.45, 7) is 2.02. The number of halogens is 3. The number of nitrogens with one attached hydrogen (secondary N) is 1. The molecule has 5 aromatic rings. The highest BCUT2D eigenvalue weighted by Gasteiger charge is 2.34. The van der Waals surface area contributed by atoms with Crippen molar-refractivity contribution in [3.8, 4) is 28.0 Å². The average molecular weight is 612 g/mol. The average Bonchev–Trinajstić information content (AvgIpc) is 3.03. The Morgan fingerprint density at radius 3 is 2.20 bits per heavy atom. The highest BCUT2D eigenvalue weighted by molar-refractivity contribution is 5.94. The van der Waals surface area contributed by atoms with Gasteiger partial charge in [-0.1, -0.05) is 73.7 Å². The molecular formula is C37H32F3NO4. The van der Waals surface area contributed by atoms with Crippen LogP contribution in [0, 0.1) is 0 Å². The zero-order valence-corrected chi connectivity index (χ0v) is 24.8. The van der Waals surface area contributed by atoms with E-state index in [4.69, 9.17) is 9.84 Å². The number of ether oxygens (including phenoxy) is 1. The maximum atomic E-state index is 14.1. The molecule has 0 fully saturated rings. The van der Waals surface area contributed by atoms with E-state index in [1.54, 1.807) is 31.4 Å². The van der Waals surface area contributed by atoms with Gasteiger partial charge in [0.1, 0.15) is 5.75 Å². The van der Waals surface area contributed by atoms with Gasteiger partial charge in [-0.05, 0) is 92.9 Å². The molecule has 1 atom stereocenters. The lowest BCUT2D eigenvalue weighted by Crippen LogP contribution is -2.25. The molecule has 0 saturated heterocycles. The molecule has 5 aromatic carbocycles. The second-order valence-electron chi connectivity index (χ2n) is 11.0. The fourth-order valence-corrected chi connectivity index (χ4v) is 5.50. The summed E-state index contributed by atoms with van der Waals surface area (Å²) >= 11 is 0. The van der Waals surface area contributed by atoms with Crippen LogP contribution in [0.1, 0.15) is 46.3 Å². The summed E-state index contributed by atoms with van der Waals surface area (Å²) in [6, 6.07) is 30.1. The van der Waals surface area contributed by atoms with Crippen LogP contribution in [0.2, 0.25) is 0 Å². The number of carbonyl (C=O) groups is 2. The number of aliphatic carboxylic acids is 1. The second-order valence-corrected chi connectivity index (χ2v) is 11.0. The van der Waals surface area contributed by atoms with Gasteiger partial charge in [0, 0.05) is 12.1 Å². The highest BCUT2D eigenvalue weighted by atomic mass is 19.4. The molecule has 0 heterocycles. The number of carboxylic acids is 1. The van der Waals surface area contributed by atoms with Crippen molar-refractivity contribution in [3.05, 3.63) is 125 Å². The molecule has 0 aliphatic rings. The number of benzene rings is 5. The fraction of sp³-hybridized carbons (Fsp3) is 0.189. The number of rotatable bonds is 10. The van der Waals surface area contributed by atoms with Crippen molar-refractivity contribution in [3.63, 3.8) is 0 Å². The number of amides is 1. The summed E-state index contributed by atoms with van der Waals surface area (Å²) in [7, 11) is 1.62. The fourth-order valence-electron chi connectivity index (χ4n) is 5.50. The third kappa shape index (κ3) is 7.34. The minimum absolute atomic E-state index is 0.0240. The van der Waals surface area contributed by atoms with Crippen LogP contribution in [-0.4, -0.2) is 30.6 Å². The Kier molecular flexibility index (Phi) is 9.23. The van der Waals surface area contributed by atoms with Gasteiger partial charge in [-0.25, -0.2) is 0 Å². The monoisotopic (exact) mass is 611 g/mol. The molecule has 2 N–H and O–H groups in total. The van der Waals surface area contributed by atoms with E-state index in [-0.39, 0.29) is 30.4 Å². The number of fused-ring (bicyclic) bond motifs is 1. The van der Waals surface area contributed by atoms with Crippen molar-refractivity contribution in [2.75, 3.05) is 13.7 Å². The molecular weight excluding hydrogens is 579 g/mol. The first-order valence-corrected chi connectivity index (χ1v) is 14.5. The highest BCUT2D eigenvalue weighted by Crippen LogP contribution is 2.40. The standard InChI is InChI=1S/C37H32F3NO4/c1-23(24-7-9-25(10-8-24)36(44)41-18-17-35(42)43)19-30-21-28(26-11-12-29-22-31(45-2)15-13-27(29)20-26)14-16-32(30)33-5-3-4-6-34(33)37(38,39)40/h3-16,20-23H,17-19H2,1-2H3,(H,41,44)(H,42,43). The molecule has 0 radical (unpaired) electrons. The summed E-state index contributed by atoms with van der Waals surface area (Å²) in [4.78, 5) is 23.1. The molecule has 0 aromatic heterocycles. The van der Waals surface area contributed by atoms with Crippen molar-refractivity contribution in [1.82, 2.24) is 5.32 Å². The smallest absolute Gasteiger partial charge is 0.417 e. The van der Waals surface area contributed by atoms with Crippen LogP contribution in [0.3, 0.4) is 0 Å². The first-order valence-electron chi connectivity index (χ1n) is 14.5. The second kappa shape index (κ2) is 13.3. The summed E-state index contributed by atoms with van der Waals surface area (Å²) in [5.74, 6) is -0.707. The number of alkyl halides is 3. The summed E-state index contributed by atoms with van der Waals surface area (Å²) < 4.78 is 47.6. The molecule has 0 bridgehead atoms. The minimum atomic E-state index is -4.52. The normalized spacial score (nSPS) is 12.1. The first-order chi connectivity index (χ1) is 21.5. The molecule has 0 aliphatic carbocycles. The first kappa shape index (κ1) is 31.3. The molecule has 8 heteroatoms. The SMILES string of the molecule is COc1ccc2cc(-c3ccc(-c4ccccc4C(F)(F)F)c(CC(C)c4ccc(C(=O)NCCC(=O)O)cc4)c3)ccc2c1. The third-order valence-corrected chi connectivity index (χ3v) is 7.90. The maximum Gasteiger partial charge on any atom is 0.417 e. The van der Waals surface area contributed by atoms with E-state index in [1.807, 2.05) is 61.5 Å². The number of hydrogen-bond acceptors (Lipinski definition) is 3. The molecule has 1 amide bonds.